The van der Waals surface area contributed by atoms with Gasteiger partial charge in [-0.1, -0.05) is 59.1 Å². The van der Waals surface area contributed by atoms with Crippen molar-refractivity contribution in [2.24, 2.45) is 5.73 Å². The number of rotatable bonds is 10. The van der Waals surface area contributed by atoms with Crippen LogP contribution in [0.15, 0.2) is 59.1 Å². The fraction of sp³-hybridized carbons (Fsp3) is 0.222. The summed E-state index contributed by atoms with van der Waals surface area (Å²) in [5.41, 5.74) is 8.20. The third kappa shape index (κ3) is 6.62. The Morgan fingerprint density at radius 2 is 1.62 bits per heavy atom. The molecule has 0 bridgehead atoms. The van der Waals surface area contributed by atoms with Gasteiger partial charge in [-0.25, -0.2) is 0 Å². The van der Waals surface area contributed by atoms with Crippen LogP contribution in [0.4, 0.5) is 5.69 Å². The molecule has 37 heavy (non-hydrogen) atoms. The van der Waals surface area contributed by atoms with Crippen molar-refractivity contribution in [2.45, 2.75) is 12.8 Å². The van der Waals surface area contributed by atoms with Gasteiger partial charge in [-0.15, -0.1) is 0 Å². The summed E-state index contributed by atoms with van der Waals surface area (Å²) >= 11 is 18.5. The number of amides is 1. The fourth-order valence-corrected chi connectivity index (χ4v) is 4.46. The minimum absolute atomic E-state index is 0.000875. The average Bonchev–Trinajstić information content (AvgIpc) is 2.87. The molecule has 3 aromatic carbocycles. The highest BCUT2D eigenvalue weighted by atomic mass is 35.5. The van der Waals surface area contributed by atoms with Crippen LogP contribution >= 0.6 is 34.8 Å². The molecule has 3 aromatic rings. The van der Waals surface area contributed by atoms with Crippen LogP contribution in [-0.2, 0) is 17.6 Å². The van der Waals surface area contributed by atoms with Crippen molar-refractivity contribution in [2.75, 3.05) is 32.2 Å². The summed E-state index contributed by atoms with van der Waals surface area (Å²) in [5.74, 6) is -0.240. The molecular weight excluding hydrogens is 539 g/mol. The molecular formula is C27H27Cl3N2O5. The highest BCUT2D eigenvalue weighted by molar-refractivity contribution is 6.61. The van der Waals surface area contributed by atoms with Gasteiger partial charge in [0.05, 0.1) is 25.5 Å². The number of ether oxygens (including phenoxy) is 2. The van der Waals surface area contributed by atoms with Gasteiger partial charge in [-0.2, -0.15) is 0 Å². The topological polar surface area (TPSA) is 105 Å². The number of hydrogen-bond donors (Lipinski definition) is 3. The van der Waals surface area contributed by atoms with Crippen LogP contribution < -0.4 is 20.1 Å². The Balaban J connectivity index is 2.16. The number of anilines is 1. The maximum atomic E-state index is 14.1. The Hall–Kier alpha value is -3.10. The number of carbonyl (C=O) groups is 1. The number of phenolic OH excluding ortho intramolecular Hbond substituents is 2. The second-order valence-corrected chi connectivity index (χ2v) is 9.41. The van der Waals surface area contributed by atoms with Crippen molar-refractivity contribution < 1.29 is 24.5 Å². The molecule has 0 unspecified atom stereocenters. The van der Waals surface area contributed by atoms with E-state index in [1.54, 1.807) is 42.5 Å². The Morgan fingerprint density at radius 3 is 2.22 bits per heavy atom. The highest BCUT2D eigenvalue weighted by Gasteiger charge is 2.29. The van der Waals surface area contributed by atoms with Crippen LogP contribution in [0.5, 0.6) is 23.0 Å². The zero-order chi connectivity index (χ0) is 27.1. The quantitative estimate of drug-likeness (QED) is 0.273. The number of nitrogens with two attached hydrogens (primary N) is 1. The standard InChI is InChI=1S/C27H27Cl3N2O5/c1-36-22-15-16(3-9-20(22)33)12-14-32(24-18(11-13-31)6-10-21(34)25(24)37-2)27(35)23(26(29)30)17-4-7-19(28)8-5-17/h3-10,15,33-34H,11-14,31H2,1-2H3. The molecule has 0 aliphatic carbocycles. The monoisotopic (exact) mass is 564 g/mol. The van der Waals surface area contributed by atoms with E-state index in [4.69, 9.17) is 50.0 Å². The maximum Gasteiger partial charge on any atom is 0.261 e. The Kier molecular flexibility index (Phi) is 9.94. The smallest absolute Gasteiger partial charge is 0.261 e. The van der Waals surface area contributed by atoms with Crippen LogP contribution in [0.3, 0.4) is 0 Å². The summed E-state index contributed by atoms with van der Waals surface area (Å²) in [4.78, 5) is 15.6. The average molecular weight is 566 g/mol. The van der Waals surface area contributed by atoms with Gasteiger partial charge >= 0.3 is 0 Å². The van der Waals surface area contributed by atoms with E-state index in [-0.39, 0.29) is 33.9 Å². The maximum absolute atomic E-state index is 14.1. The summed E-state index contributed by atoms with van der Waals surface area (Å²) in [5, 5.41) is 21.0. The van der Waals surface area contributed by atoms with Gasteiger partial charge in [0, 0.05) is 11.6 Å². The molecule has 196 valence electrons. The van der Waals surface area contributed by atoms with Crippen LogP contribution in [0.1, 0.15) is 16.7 Å². The number of phenols is 2. The van der Waals surface area contributed by atoms with Crippen molar-refractivity contribution in [3.63, 3.8) is 0 Å². The van der Waals surface area contributed by atoms with E-state index >= 15 is 0 Å². The third-order valence-corrected chi connectivity index (χ3v) is 6.36. The van der Waals surface area contributed by atoms with E-state index < -0.39 is 5.91 Å². The molecule has 0 atom stereocenters. The van der Waals surface area contributed by atoms with E-state index in [1.807, 2.05) is 0 Å². The molecule has 4 N–H and O–H groups in total. The molecule has 0 aliphatic heterocycles. The molecule has 3 rings (SSSR count). The lowest BCUT2D eigenvalue weighted by molar-refractivity contribution is -0.113. The third-order valence-electron chi connectivity index (χ3n) is 5.73. The van der Waals surface area contributed by atoms with Crippen molar-refractivity contribution in [1.82, 2.24) is 0 Å². The van der Waals surface area contributed by atoms with E-state index in [2.05, 4.69) is 0 Å². The molecule has 1 amide bonds. The first kappa shape index (κ1) is 28.5. The van der Waals surface area contributed by atoms with E-state index in [0.717, 1.165) is 5.56 Å². The lowest BCUT2D eigenvalue weighted by Gasteiger charge is -2.29. The van der Waals surface area contributed by atoms with E-state index in [1.165, 1.54) is 31.3 Å². The lowest BCUT2D eigenvalue weighted by atomic mass is 10.0. The second kappa shape index (κ2) is 12.9. The van der Waals surface area contributed by atoms with Gasteiger partial charge in [0.15, 0.2) is 23.0 Å². The number of aromatic hydroxyl groups is 2. The summed E-state index contributed by atoms with van der Waals surface area (Å²) < 4.78 is 10.5. The SMILES string of the molecule is COc1cc(CCN(C(=O)C(=C(Cl)Cl)c2ccc(Cl)cc2)c2c(CCN)ccc(O)c2OC)ccc1O. The van der Waals surface area contributed by atoms with Gasteiger partial charge in [0.1, 0.15) is 4.49 Å². The van der Waals surface area contributed by atoms with Gasteiger partial charge in [0.2, 0.25) is 0 Å². The molecule has 0 spiro atoms. The van der Waals surface area contributed by atoms with Crippen LogP contribution in [0.25, 0.3) is 5.57 Å². The first-order chi connectivity index (χ1) is 17.7. The minimum atomic E-state index is -0.518. The number of benzene rings is 3. The number of halogens is 3. The number of nitrogens with zero attached hydrogens (tertiary/aromatic N) is 1. The predicted octanol–water partition coefficient (Wildman–Crippen LogP) is 5.69. The van der Waals surface area contributed by atoms with Gasteiger partial charge in [0.25, 0.3) is 5.91 Å². The van der Waals surface area contributed by atoms with Gasteiger partial charge < -0.3 is 30.3 Å². The van der Waals surface area contributed by atoms with Gasteiger partial charge in [-0.05, 0) is 66.4 Å². The number of carbonyl (C=O) groups excluding carboxylic acids is 1. The first-order valence-corrected chi connectivity index (χ1v) is 12.4. The zero-order valence-corrected chi connectivity index (χ0v) is 22.6. The summed E-state index contributed by atoms with van der Waals surface area (Å²) in [6.45, 7) is 0.441. The normalized spacial score (nSPS) is 10.6. The number of hydrogen-bond acceptors (Lipinski definition) is 6. The first-order valence-electron chi connectivity index (χ1n) is 11.3. The Bertz CT molecular complexity index is 1290. The summed E-state index contributed by atoms with van der Waals surface area (Å²) in [6.07, 6.45) is 0.772. The van der Waals surface area contributed by atoms with Crippen molar-refractivity contribution in [3.05, 3.63) is 80.8 Å². The Morgan fingerprint density at radius 1 is 0.946 bits per heavy atom. The molecule has 10 heteroatoms. The molecule has 7 nitrogen and oxygen atoms in total. The van der Waals surface area contributed by atoms with E-state index in [9.17, 15) is 15.0 Å². The molecule has 0 saturated carbocycles. The van der Waals surface area contributed by atoms with Crippen LogP contribution in [0.2, 0.25) is 5.02 Å². The summed E-state index contributed by atoms with van der Waals surface area (Å²) in [7, 11) is 2.86. The van der Waals surface area contributed by atoms with Crippen molar-refractivity contribution >= 4 is 52.0 Å². The molecule has 0 aliphatic rings. The lowest BCUT2D eigenvalue weighted by Crippen LogP contribution is -2.35. The zero-order valence-electron chi connectivity index (χ0n) is 20.3. The second-order valence-electron chi connectivity index (χ2n) is 8.02. The van der Waals surface area contributed by atoms with Crippen LogP contribution in [-0.4, -0.2) is 43.4 Å². The predicted molar refractivity (Wildman–Crippen MR) is 148 cm³/mol. The molecule has 0 radical (unpaired) electrons. The number of methoxy groups -OCH3 is 2. The Labute approximate surface area is 230 Å². The minimum Gasteiger partial charge on any atom is -0.504 e. The highest BCUT2D eigenvalue weighted by Crippen LogP contribution is 2.42. The molecule has 0 aromatic heterocycles. The molecule has 0 fully saturated rings. The fourth-order valence-electron chi connectivity index (χ4n) is 3.95. The van der Waals surface area contributed by atoms with Crippen molar-refractivity contribution in [3.8, 4) is 23.0 Å². The van der Waals surface area contributed by atoms with Gasteiger partial charge in [-0.3, -0.25) is 4.79 Å². The molecule has 0 heterocycles. The molecule has 0 saturated heterocycles. The van der Waals surface area contributed by atoms with E-state index in [0.29, 0.717) is 47.0 Å². The summed E-state index contributed by atoms with van der Waals surface area (Å²) in [6, 6.07) is 14.7. The largest absolute Gasteiger partial charge is 0.504 e. The van der Waals surface area contributed by atoms with Crippen molar-refractivity contribution in [1.29, 1.82) is 0 Å². The van der Waals surface area contributed by atoms with Crippen LogP contribution in [0, 0.1) is 0 Å².